The maximum Gasteiger partial charge on any atom is 0.207 e. The molecule has 0 spiro atoms. The molecule has 2 aromatic carbocycles. The summed E-state index contributed by atoms with van der Waals surface area (Å²) in [5, 5.41) is 4.92. The monoisotopic (exact) mass is 314 g/mol. The van der Waals surface area contributed by atoms with Crippen LogP contribution in [-0.4, -0.2) is 9.78 Å². The van der Waals surface area contributed by atoms with Crippen molar-refractivity contribution in [1.29, 1.82) is 0 Å². The molecule has 0 atom stereocenters. The average molecular weight is 315 g/mol. The number of benzene rings is 2. The summed E-state index contributed by atoms with van der Waals surface area (Å²) in [5.41, 5.74) is 1.96. The average Bonchev–Trinajstić information content (AvgIpc) is 2.45. The lowest BCUT2D eigenvalue weighted by atomic mass is 10.2. The molecule has 0 aliphatic rings. The van der Waals surface area contributed by atoms with Crippen molar-refractivity contribution in [2.75, 3.05) is 0 Å². The van der Waals surface area contributed by atoms with Crippen LogP contribution in [0.2, 0.25) is 0 Å². The summed E-state index contributed by atoms with van der Waals surface area (Å²) in [6.45, 7) is 0.647. The third kappa shape index (κ3) is 2.44. The minimum atomic E-state index is -0.0392. The Morgan fingerprint density at radius 2 is 1.79 bits per heavy atom. The molecule has 0 saturated carbocycles. The van der Waals surface area contributed by atoms with Gasteiger partial charge in [0.05, 0.1) is 18.3 Å². The van der Waals surface area contributed by atoms with Crippen molar-refractivity contribution in [3.63, 3.8) is 0 Å². The largest absolute Gasteiger partial charge is 0.287 e. The second-order valence-electron chi connectivity index (χ2n) is 4.31. The van der Waals surface area contributed by atoms with Crippen LogP contribution in [-0.2, 0) is 6.54 Å². The minimum Gasteiger partial charge on any atom is -0.287 e. The van der Waals surface area contributed by atoms with Crippen LogP contribution in [0.1, 0.15) is 5.56 Å². The minimum absolute atomic E-state index is 0.0392. The van der Waals surface area contributed by atoms with Crippen LogP contribution in [0.4, 0.5) is 0 Å². The molecule has 0 amide bonds. The summed E-state index contributed by atoms with van der Waals surface area (Å²) < 4.78 is 2.90. The Balaban J connectivity index is 2.08. The number of fused-ring (bicyclic) bond motifs is 1. The highest BCUT2D eigenvalue weighted by atomic mass is 79.9. The Labute approximate surface area is 118 Å². The van der Waals surface area contributed by atoms with E-state index >= 15 is 0 Å². The molecule has 4 heteroatoms. The molecule has 0 aliphatic carbocycles. The zero-order chi connectivity index (χ0) is 13.2. The first-order valence-electron chi connectivity index (χ1n) is 5.93. The van der Waals surface area contributed by atoms with Crippen molar-refractivity contribution in [2.45, 2.75) is 6.54 Å². The molecule has 19 heavy (non-hydrogen) atoms. The molecule has 3 rings (SSSR count). The van der Waals surface area contributed by atoms with Gasteiger partial charge in [0.1, 0.15) is 0 Å². The molecule has 0 unspecified atom stereocenters. The van der Waals surface area contributed by atoms with Crippen LogP contribution >= 0.6 is 15.9 Å². The fourth-order valence-corrected chi connectivity index (χ4v) is 2.31. The van der Waals surface area contributed by atoms with E-state index in [2.05, 4.69) is 21.0 Å². The second-order valence-corrected chi connectivity index (χ2v) is 5.23. The first-order chi connectivity index (χ1) is 9.24. The van der Waals surface area contributed by atoms with Crippen molar-refractivity contribution in [3.8, 4) is 0 Å². The number of nitrogens with zero attached hydrogens (tertiary/aromatic N) is 2. The van der Waals surface area contributed by atoms with E-state index in [1.165, 1.54) is 6.20 Å². The fraction of sp³-hybridized carbons (Fsp3) is 0.0667. The first-order valence-corrected chi connectivity index (χ1v) is 6.73. The van der Waals surface area contributed by atoms with Gasteiger partial charge in [0.2, 0.25) is 5.43 Å². The van der Waals surface area contributed by atoms with Gasteiger partial charge in [-0.2, -0.15) is 5.10 Å². The van der Waals surface area contributed by atoms with Crippen LogP contribution in [0.5, 0.6) is 0 Å². The summed E-state index contributed by atoms with van der Waals surface area (Å²) in [4.78, 5) is 11.7. The number of halogens is 1. The summed E-state index contributed by atoms with van der Waals surface area (Å²) >= 11 is 3.42. The number of hydrogen-bond acceptors (Lipinski definition) is 2. The van der Waals surface area contributed by atoms with Crippen molar-refractivity contribution < 1.29 is 0 Å². The Kier molecular flexibility index (Phi) is 3.17. The number of rotatable bonds is 2. The molecule has 0 N–H and O–H groups in total. The molecular formula is C15H11BrN2O. The van der Waals surface area contributed by atoms with Gasteiger partial charge in [-0.05, 0) is 29.8 Å². The second kappa shape index (κ2) is 4.97. The maximum absolute atomic E-state index is 11.7. The lowest BCUT2D eigenvalue weighted by Crippen LogP contribution is -2.12. The van der Waals surface area contributed by atoms with Crippen molar-refractivity contribution in [2.24, 2.45) is 0 Å². The summed E-state index contributed by atoms with van der Waals surface area (Å²) in [6.07, 6.45) is 1.38. The number of para-hydroxylation sites is 1. The zero-order valence-electron chi connectivity index (χ0n) is 10.1. The van der Waals surface area contributed by atoms with Gasteiger partial charge in [0.15, 0.2) is 0 Å². The van der Waals surface area contributed by atoms with E-state index in [0.717, 1.165) is 15.6 Å². The lowest BCUT2D eigenvalue weighted by molar-refractivity contribution is 0.695. The Hall–Kier alpha value is -1.94. The Morgan fingerprint density at radius 3 is 2.58 bits per heavy atom. The Bertz CT molecular complexity index is 778. The molecule has 1 heterocycles. The fourth-order valence-electron chi connectivity index (χ4n) is 2.05. The van der Waals surface area contributed by atoms with E-state index < -0.39 is 0 Å². The van der Waals surface area contributed by atoms with Gasteiger partial charge < -0.3 is 0 Å². The molecule has 94 valence electrons. The predicted molar refractivity (Wildman–Crippen MR) is 79.2 cm³/mol. The van der Waals surface area contributed by atoms with E-state index in [1.807, 2.05) is 53.2 Å². The molecule has 1 aromatic heterocycles. The highest BCUT2D eigenvalue weighted by Gasteiger charge is 2.03. The predicted octanol–water partition coefficient (Wildman–Crippen LogP) is 3.21. The van der Waals surface area contributed by atoms with Gasteiger partial charge in [0.25, 0.3) is 0 Å². The smallest absolute Gasteiger partial charge is 0.207 e. The van der Waals surface area contributed by atoms with Crippen molar-refractivity contribution in [3.05, 3.63) is 75.0 Å². The lowest BCUT2D eigenvalue weighted by Gasteiger charge is -2.09. The first kappa shape index (κ1) is 12.1. The SMILES string of the molecule is O=c1cnn(Cc2ccc(Br)cc2)c2ccccc12. The maximum atomic E-state index is 11.7. The summed E-state index contributed by atoms with van der Waals surface area (Å²) in [7, 11) is 0. The Morgan fingerprint density at radius 1 is 1.05 bits per heavy atom. The molecule has 0 bridgehead atoms. The van der Waals surface area contributed by atoms with E-state index in [4.69, 9.17) is 0 Å². The normalized spacial score (nSPS) is 10.8. The van der Waals surface area contributed by atoms with Crippen LogP contribution in [0.15, 0.2) is 64.0 Å². The van der Waals surface area contributed by atoms with Gasteiger partial charge in [0, 0.05) is 9.86 Å². The third-order valence-electron chi connectivity index (χ3n) is 3.01. The standard InChI is InChI=1S/C15H11BrN2O/c16-12-7-5-11(6-8-12)10-18-14-4-2-1-3-13(14)15(19)9-17-18/h1-9H,10H2. The molecule has 3 aromatic rings. The van der Waals surface area contributed by atoms with Gasteiger partial charge in [-0.1, -0.05) is 40.2 Å². The highest BCUT2D eigenvalue weighted by Crippen LogP contribution is 2.13. The van der Waals surface area contributed by atoms with Crippen molar-refractivity contribution in [1.82, 2.24) is 9.78 Å². The highest BCUT2D eigenvalue weighted by molar-refractivity contribution is 9.10. The zero-order valence-corrected chi connectivity index (χ0v) is 11.7. The molecule has 0 radical (unpaired) electrons. The molecule has 0 saturated heterocycles. The quantitative estimate of drug-likeness (QED) is 0.728. The number of hydrogen-bond donors (Lipinski definition) is 0. The van der Waals surface area contributed by atoms with E-state index in [-0.39, 0.29) is 5.43 Å². The topological polar surface area (TPSA) is 34.9 Å². The van der Waals surface area contributed by atoms with E-state index in [1.54, 1.807) is 0 Å². The van der Waals surface area contributed by atoms with Crippen LogP contribution in [0, 0.1) is 0 Å². The molecule has 0 aliphatic heterocycles. The van der Waals surface area contributed by atoms with Gasteiger partial charge in [-0.25, -0.2) is 0 Å². The van der Waals surface area contributed by atoms with E-state index in [9.17, 15) is 4.79 Å². The van der Waals surface area contributed by atoms with Gasteiger partial charge in [-0.15, -0.1) is 0 Å². The summed E-state index contributed by atoms with van der Waals surface area (Å²) in [6, 6.07) is 15.6. The number of aromatic nitrogens is 2. The molecule has 0 fully saturated rings. The van der Waals surface area contributed by atoms with Gasteiger partial charge >= 0.3 is 0 Å². The van der Waals surface area contributed by atoms with Crippen LogP contribution in [0.25, 0.3) is 10.9 Å². The molecular weight excluding hydrogens is 304 g/mol. The summed E-state index contributed by atoms with van der Waals surface area (Å²) in [5.74, 6) is 0. The van der Waals surface area contributed by atoms with Crippen molar-refractivity contribution >= 4 is 26.8 Å². The van der Waals surface area contributed by atoms with E-state index in [0.29, 0.717) is 11.9 Å². The van der Waals surface area contributed by atoms with Crippen LogP contribution in [0.3, 0.4) is 0 Å². The van der Waals surface area contributed by atoms with Gasteiger partial charge in [-0.3, -0.25) is 9.48 Å². The third-order valence-corrected chi connectivity index (χ3v) is 3.54. The molecule has 3 nitrogen and oxygen atoms in total. The van der Waals surface area contributed by atoms with Crippen LogP contribution < -0.4 is 5.43 Å².